The fraction of sp³-hybridized carbons (Fsp3) is 0.634. The second-order valence-electron chi connectivity index (χ2n) is 17.4. The average Bonchev–Trinajstić information content (AvgIpc) is 4.07. The van der Waals surface area contributed by atoms with Crippen molar-refractivity contribution < 1.29 is 55.3 Å². The van der Waals surface area contributed by atoms with Crippen molar-refractivity contribution >= 4 is 44.6 Å². The Morgan fingerprint density at radius 3 is 2.58 bits per heavy atom. The number of allylic oxidation sites excluding steroid dienone is 1. The summed E-state index contributed by atoms with van der Waals surface area (Å²) in [5, 5.41) is 6.71. The lowest BCUT2D eigenvalue weighted by Crippen LogP contribution is -2.59. The summed E-state index contributed by atoms with van der Waals surface area (Å²) in [6.07, 6.45) is 3.19. The van der Waals surface area contributed by atoms with Crippen molar-refractivity contribution in [3.05, 3.63) is 36.5 Å². The summed E-state index contributed by atoms with van der Waals surface area (Å²) in [6.45, 7) is 8.14. The normalized spacial score (nSPS) is 29.3. The Balaban J connectivity index is 1.24. The second-order valence-corrected chi connectivity index (χ2v) is 19.6. The molecule has 2 aliphatic carbocycles. The van der Waals surface area contributed by atoms with Gasteiger partial charge in [-0.2, -0.15) is 0 Å². The van der Waals surface area contributed by atoms with Crippen molar-refractivity contribution in [2.75, 3.05) is 19.8 Å². The van der Waals surface area contributed by atoms with Gasteiger partial charge in [-0.15, -0.1) is 0 Å². The highest BCUT2D eigenvalue weighted by atomic mass is 32.2. The molecule has 1 aromatic heterocycles. The van der Waals surface area contributed by atoms with Crippen LogP contribution in [0, 0.1) is 17.8 Å². The van der Waals surface area contributed by atoms with E-state index in [0.717, 1.165) is 13.8 Å². The number of benzene rings is 1. The van der Waals surface area contributed by atoms with Gasteiger partial charge in [0, 0.05) is 29.3 Å². The van der Waals surface area contributed by atoms with Gasteiger partial charge in [0.1, 0.15) is 36.9 Å². The first-order valence-electron chi connectivity index (χ1n) is 20.4. The van der Waals surface area contributed by atoms with Gasteiger partial charge in [0.25, 0.3) is 12.3 Å². The van der Waals surface area contributed by atoms with E-state index in [1.807, 2.05) is 26.0 Å². The predicted octanol–water partition coefficient (Wildman–Crippen LogP) is 4.77. The van der Waals surface area contributed by atoms with Crippen LogP contribution >= 0.6 is 0 Å². The number of nitrogens with one attached hydrogen (secondary N) is 3. The maximum atomic E-state index is 15.0. The Labute approximate surface area is 342 Å². The van der Waals surface area contributed by atoms with Gasteiger partial charge in [-0.05, 0) is 89.3 Å². The fourth-order valence-corrected chi connectivity index (χ4v) is 9.56. The van der Waals surface area contributed by atoms with Crippen molar-refractivity contribution in [3.8, 4) is 17.4 Å². The maximum Gasteiger partial charge on any atom is 0.408 e. The Kier molecular flexibility index (Phi) is 11.5. The highest BCUT2D eigenvalue weighted by molar-refractivity contribution is 7.91. The number of alkyl carbamates (subject to hydrolysis) is 1. The molecule has 0 radical (unpaired) electrons. The number of ether oxygens (including phenoxy) is 4. The number of pyridine rings is 1. The molecule has 5 aliphatic rings. The van der Waals surface area contributed by atoms with Crippen LogP contribution in [0.1, 0.15) is 86.0 Å². The monoisotopic (exact) mass is 845 g/mol. The molecule has 7 rings (SSSR count). The molecule has 4 amide bonds. The number of fused-ring (bicyclic) bond motifs is 5. The molecule has 0 spiro atoms. The Hall–Kier alpha value is -4.74. The summed E-state index contributed by atoms with van der Waals surface area (Å²) in [4.78, 5) is 62.6. The molecule has 0 bridgehead atoms. The highest BCUT2D eigenvalue weighted by Crippen LogP contribution is 2.48. The van der Waals surface area contributed by atoms with E-state index < -0.39 is 86.2 Å². The van der Waals surface area contributed by atoms with Crippen LogP contribution in [-0.2, 0) is 29.1 Å². The van der Waals surface area contributed by atoms with Crippen molar-refractivity contribution in [1.82, 2.24) is 25.2 Å². The number of carbonyl (C=O) groups excluding carboxylic acids is 4. The van der Waals surface area contributed by atoms with Crippen molar-refractivity contribution in [3.63, 3.8) is 0 Å². The number of nitrogens with zero attached hydrogens (tertiary/aromatic N) is 2. The average molecular weight is 846 g/mol. The Bertz CT molecular complexity index is 2130. The lowest BCUT2D eigenvalue weighted by Gasteiger charge is -2.34. The molecule has 3 N–H and O–H groups in total. The largest absolute Gasteiger partial charge is 0.486 e. The number of rotatable bonds is 9. The summed E-state index contributed by atoms with van der Waals surface area (Å²) < 4.78 is 78.5. The highest BCUT2D eigenvalue weighted by Gasteiger charge is 2.63. The molecule has 18 heteroatoms. The van der Waals surface area contributed by atoms with E-state index in [1.165, 1.54) is 4.90 Å². The predicted molar refractivity (Wildman–Crippen MR) is 210 cm³/mol. The number of hydrogen-bond donors (Lipinski definition) is 3. The van der Waals surface area contributed by atoms with E-state index in [2.05, 4.69) is 20.3 Å². The zero-order valence-electron chi connectivity index (χ0n) is 33.9. The van der Waals surface area contributed by atoms with Crippen molar-refractivity contribution in [2.45, 2.75) is 126 Å². The van der Waals surface area contributed by atoms with Crippen LogP contribution in [0.25, 0.3) is 10.8 Å². The van der Waals surface area contributed by atoms with Gasteiger partial charge in [-0.1, -0.05) is 32.4 Å². The third-order valence-electron chi connectivity index (χ3n) is 12.4. The molecule has 1 saturated heterocycles. The third-order valence-corrected chi connectivity index (χ3v) is 14.6. The van der Waals surface area contributed by atoms with Crippen LogP contribution in [0.15, 0.2) is 36.5 Å². The standard InChI is InChI=1S/C41H53F2N5O10S/c1-6-24-19-23(2)9-7-8-10-25-21-41(25,37(51)47-59(53,54)40(5)14-15-40)46-33(49)29-20-26(22-48(29)35(50)31(24)45-38(52)58-39(3,4)36(42)43)57-34-28-11-12-30-32(56-18-17-55-30)27(28)13-16-44-34/h8,10-13,16,23-26,29,31,36H,6-7,9,14-15,17-22H2,1-5H3,(H,45,52)(H,46,49)(H,47,51)/t23-,24-,25-,26-,29+,31+,41-/m1/s1. The van der Waals surface area contributed by atoms with Crippen molar-refractivity contribution in [2.24, 2.45) is 17.8 Å². The first-order valence-corrected chi connectivity index (χ1v) is 21.8. The maximum absolute atomic E-state index is 15.0. The van der Waals surface area contributed by atoms with Gasteiger partial charge in [-0.3, -0.25) is 19.1 Å². The number of aromatic nitrogens is 1. The minimum Gasteiger partial charge on any atom is -0.486 e. The van der Waals surface area contributed by atoms with E-state index >= 15 is 0 Å². The van der Waals surface area contributed by atoms with Crippen LogP contribution < -0.4 is 29.6 Å². The molecule has 2 saturated carbocycles. The number of carbonyl (C=O) groups is 4. The molecule has 7 atom stereocenters. The lowest BCUT2D eigenvalue weighted by atomic mass is 9.85. The minimum atomic E-state index is -4.06. The van der Waals surface area contributed by atoms with E-state index in [4.69, 9.17) is 18.9 Å². The Morgan fingerprint density at radius 1 is 1.12 bits per heavy atom. The van der Waals surface area contributed by atoms with Gasteiger partial charge in [-0.25, -0.2) is 27.0 Å². The number of alkyl halides is 2. The molecule has 4 heterocycles. The Morgan fingerprint density at radius 2 is 1.86 bits per heavy atom. The number of sulfonamides is 1. The quantitative estimate of drug-likeness (QED) is 0.295. The second kappa shape index (κ2) is 16.0. The zero-order valence-corrected chi connectivity index (χ0v) is 34.7. The molecule has 59 heavy (non-hydrogen) atoms. The third kappa shape index (κ3) is 8.51. The smallest absolute Gasteiger partial charge is 0.408 e. The summed E-state index contributed by atoms with van der Waals surface area (Å²) in [6, 6.07) is 2.71. The van der Waals surface area contributed by atoms with Crippen LogP contribution in [0.3, 0.4) is 0 Å². The van der Waals surface area contributed by atoms with E-state index in [1.54, 1.807) is 31.3 Å². The van der Waals surface area contributed by atoms with E-state index in [9.17, 15) is 36.4 Å². The first-order chi connectivity index (χ1) is 27.9. The molecule has 3 fully saturated rings. The first kappa shape index (κ1) is 42.4. The summed E-state index contributed by atoms with van der Waals surface area (Å²) in [5.41, 5.74) is -3.77. The van der Waals surface area contributed by atoms with Crippen LogP contribution in [-0.4, -0.2) is 102 Å². The summed E-state index contributed by atoms with van der Waals surface area (Å²) in [5.74, 6) is -1.95. The molecule has 15 nitrogen and oxygen atoms in total. The fourth-order valence-electron chi connectivity index (χ4n) is 8.25. The van der Waals surface area contributed by atoms with Crippen LogP contribution in [0.4, 0.5) is 13.6 Å². The van der Waals surface area contributed by atoms with Gasteiger partial charge < -0.3 is 34.5 Å². The number of hydrogen-bond acceptors (Lipinski definition) is 11. The molecule has 1 aromatic carbocycles. The van der Waals surface area contributed by atoms with Crippen LogP contribution in [0.5, 0.6) is 17.4 Å². The molecule has 3 aliphatic heterocycles. The molecule has 2 aromatic rings. The van der Waals surface area contributed by atoms with Gasteiger partial charge in [0.2, 0.25) is 27.7 Å². The number of amides is 4. The van der Waals surface area contributed by atoms with Gasteiger partial charge >= 0.3 is 6.09 Å². The summed E-state index contributed by atoms with van der Waals surface area (Å²) in [7, 11) is -4.06. The molecule has 0 unspecified atom stereocenters. The topological polar surface area (TPSA) is 192 Å². The molecular weight excluding hydrogens is 793 g/mol. The van der Waals surface area contributed by atoms with Gasteiger partial charge in [0.15, 0.2) is 17.1 Å². The van der Waals surface area contributed by atoms with E-state index in [-0.39, 0.29) is 31.2 Å². The molecule has 322 valence electrons. The SMILES string of the molecule is CC[C@@H]1C[C@H](C)CCC=C[C@@H]2C[C@@]2(C(=O)NS(=O)(=O)C2(C)CC2)NC(=O)[C@@H]2C[C@@H](Oc3nccc4c5c(ccc34)OCCO5)CN2C(=O)[C@H]1NC(=O)OC(C)(C)C(F)F. The van der Waals surface area contributed by atoms with Gasteiger partial charge in [0.05, 0.1) is 11.3 Å². The van der Waals surface area contributed by atoms with Crippen LogP contribution in [0.2, 0.25) is 0 Å². The number of halogens is 2. The molecular formula is C41H53F2N5O10S. The lowest BCUT2D eigenvalue weighted by molar-refractivity contribution is -0.142. The zero-order chi connectivity index (χ0) is 42.5. The van der Waals surface area contributed by atoms with E-state index in [0.29, 0.717) is 74.0 Å². The van der Waals surface area contributed by atoms with Crippen molar-refractivity contribution in [1.29, 1.82) is 0 Å². The minimum absolute atomic E-state index is 0.0276. The summed E-state index contributed by atoms with van der Waals surface area (Å²) >= 11 is 0.